The predicted molar refractivity (Wildman–Crippen MR) is 124 cm³/mol. The van der Waals surface area contributed by atoms with E-state index in [1.807, 2.05) is 17.0 Å². The minimum absolute atomic E-state index is 0.314. The Morgan fingerprint density at radius 2 is 2.06 bits per heavy atom. The van der Waals surface area contributed by atoms with E-state index in [1.54, 1.807) is 31.4 Å². The van der Waals surface area contributed by atoms with Gasteiger partial charge in [-0.05, 0) is 37.1 Å². The van der Waals surface area contributed by atoms with Crippen molar-refractivity contribution in [2.75, 3.05) is 30.4 Å². The molecule has 1 aliphatic heterocycles. The first-order valence-corrected chi connectivity index (χ1v) is 11.1. The number of rotatable bonds is 6. The number of hydrogen-bond donors (Lipinski definition) is 2. The number of carbonyl (C=O) groups is 2. The number of nitriles is 1. The fourth-order valence-electron chi connectivity index (χ4n) is 3.65. The molecule has 0 aliphatic carbocycles. The highest BCUT2D eigenvalue weighted by Gasteiger charge is 2.25. The zero-order chi connectivity index (χ0) is 23.4. The lowest BCUT2D eigenvalue weighted by molar-refractivity contribution is -0.142. The van der Waals surface area contributed by atoms with E-state index in [0.29, 0.717) is 58.8 Å². The van der Waals surface area contributed by atoms with E-state index >= 15 is 0 Å². The van der Waals surface area contributed by atoms with Gasteiger partial charge >= 0.3 is 5.97 Å². The van der Waals surface area contributed by atoms with Gasteiger partial charge in [-0.15, -0.1) is 0 Å². The van der Waals surface area contributed by atoms with Crippen molar-refractivity contribution in [1.82, 2.24) is 9.97 Å². The summed E-state index contributed by atoms with van der Waals surface area (Å²) >= 11 is 1.10. The maximum atomic E-state index is 12.7. The summed E-state index contributed by atoms with van der Waals surface area (Å²) in [5.74, 6) is -0.102. The number of amides is 1. The van der Waals surface area contributed by atoms with Gasteiger partial charge in [0.25, 0.3) is 5.91 Å². The fraction of sp³-hybridized carbons (Fsp3) is 0.261. The Bertz CT molecular complexity index is 1210. The molecule has 4 rings (SSSR count). The normalized spacial score (nSPS) is 13.9. The van der Waals surface area contributed by atoms with Crippen LogP contribution >= 0.6 is 11.3 Å². The Morgan fingerprint density at radius 1 is 1.27 bits per heavy atom. The number of carbonyl (C=O) groups excluding carboxylic acids is 1. The van der Waals surface area contributed by atoms with Crippen molar-refractivity contribution in [3.05, 3.63) is 53.0 Å². The molecule has 0 unspecified atom stereocenters. The fourth-order valence-corrected chi connectivity index (χ4v) is 4.43. The molecule has 9 nitrogen and oxygen atoms in total. The van der Waals surface area contributed by atoms with Gasteiger partial charge in [-0.1, -0.05) is 23.5 Å². The lowest BCUT2D eigenvalue weighted by atomic mass is 9.97. The Kier molecular flexibility index (Phi) is 6.51. The minimum atomic E-state index is -0.758. The van der Waals surface area contributed by atoms with Gasteiger partial charge in [0, 0.05) is 24.8 Å². The molecule has 3 aromatic rings. The monoisotopic (exact) mass is 463 g/mol. The molecule has 1 aromatic carbocycles. The van der Waals surface area contributed by atoms with E-state index in [4.69, 9.17) is 9.84 Å². The number of aliphatic carboxylic acids is 1. The summed E-state index contributed by atoms with van der Waals surface area (Å²) in [4.78, 5) is 35.0. The van der Waals surface area contributed by atoms with Gasteiger partial charge in [-0.2, -0.15) is 5.26 Å². The number of piperidine rings is 1. The highest BCUT2D eigenvalue weighted by molar-refractivity contribution is 7.16. The Hall–Kier alpha value is -3.97. The third-order valence-corrected chi connectivity index (χ3v) is 6.35. The molecule has 3 heterocycles. The number of ether oxygens (including phenoxy) is 1. The number of carboxylic acids is 1. The van der Waals surface area contributed by atoms with Gasteiger partial charge < -0.3 is 14.7 Å². The van der Waals surface area contributed by atoms with E-state index in [9.17, 15) is 14.9 Å². The second kappa shape index (κ2) is 9.67. The van der Waals surface area contributed by atoms with Crippen LogP contribution in [-0.4, -0.2) is 47.2 Å². The first kappa shape index (κ1) is 22.2. The zero-order valence-electron chi connectivity index (χ0n) is 17.8. The molecule has 2 N–H and O–H groups in total. The SMILES string of the molecule is COc1cccc(-c2nc(NC(=O)c3ccc(N4CCC(C(=O)O)CC4)nc3)sc2C#N)c1. The first-order valence-electron chi connectivity index (χ1n) is 10.3. The number of hydrogen-bond acceptors (Lipinski definition) is 8. The van der Waals surface area contributed by atoms with Gasteiger partial charge in [-0.3, -0.25) is 14.9 Å². The van der Waals surface area contributed by atoms with Crippen molar-refractivity contribution in [2.45, 2.75) is 12.8 Å². The topological polar surface area (TPSA) is 128 Å². The Labute approximate surface area is 194 Å². The molecule has 33 heavy (non-hydrogen) atoms. The van der Waals surface area contributed by atoms with E-state index in [0.717, 1.165) is 16.9 Å². The number of methoxy groups -OCH3 is 1. The number of carboxylic acid groups (broad SMARTS) is 1. The Morgan fingerprint density at radius 3 is 2.70 bits per heavy atom. The zero-order valence-corrected chi connectivity index (χ0v) is 18.6. The third-order valence-electron chi connectivity index (χ3n) is 5.47. The number of aromatic nitrogens is 2. The summed E-state index contributed by atoms with van der Waals surface area (Å²) < 4.78 is 5.23. The average Bonchev–Trinajstić information content (AvgIpc) is 3.27. The maximum Gasteiger partial charge on any atom is 0.306 e. The number of nitrogens with one attached hydrogen (secondary N) is 1. The van der Waals surface area contributed by atoms with Crippen LogP contribution in [0, 0.1) is 17.2 Å². The quantitative estimate of drug-likeness (QED) is 0.567. The molecule has 0 bridgehead atoms. The molecule has 1 amide bonds. The molecule has 1 fully saturated rings. The predicted octanol–water partition coefficient (Wildman–Crippen LogP) is 3.64. The van der Waals surface area contributed by atoms with Crippen LogP contribution in [0.2, 0.25) is 0 Å². The summed E-state index contributed by atoms with van der Waals surface area (Å²) in [6, 6.07) is 12.8. The second-order valence-corrected chi connectivity index (χ2v) is 8.50. The standard InChI is InChI=1S/C23H21N5O4S/c1-32-17-4-2-3-15(11-17)20-18(12-24)33-23(26-20)27-21(29)16-5-6-19(25-13-16)28-9-7-14(8-10-28)22(30)31/h2-6,11,13-14H,7-10H2,1H3,(H,30,31)(H,26,27,29). The molecule has 0 atom stereocenters. The van der Waals surface area contributed by atoms with Crippen molar-refractivity contribution in [3.63, 3.8) is 0 Å². The van der Waals surface area contributed by atoms with Crippen molar-refractivity contribution < 1.29 is 19.4 Å². The van der Waals surface area contributed by atoms with Crippen LogP contribution in [0.25, 0.3) is 11.3 Å². The average molecular weight is 464 g/mol. The van der Waals surface area contributed by atoms with Gasteiger partial charge in [0.05, 0.1) is 18.6 Å². The van der Waals surface area contributed by atoms with Crippen molar-refractivity contribution in [3.8, 4) is 23.1 Å². The van der Waals surface area contributed by atoms with Crippen molar-refractivity contribution in [2.24, 2.45) is 5.92 Å². The van der Waals surface area contributed by atoms with Crippen LogP contribution in [0.3, 0.4) is 0 Å². The smallest absolute Gasteiger partial charge is 0.306 e. The summed E-state index contributed by atoms with van der Waals surface area (Å²) in [5, 5.41) is 21.7. The van der Waals surface area contributed by atoms with Gasteiger partial charge in [0.1, 0.15) is 28.2 Å². The van der Waals surface area contributed by atoms with Crippen molar-refractivity contribution in [1.29, 1.82) is 5.26 Å². The first-order chi connectivity index (χ1) is 16.0. The van der Waals surface area contributed by atoms with Crippen LogP contribution in [-0.2, 0) is 4.79 Å². The largest absolute Gasteiger partial charge is 0.497 e. The molecule has 10 heteroatoms. The lowest BCUT2D eigenvalue weighted by Crippen LogP contribution is -2.36. The lowest BCUT2D eigenvalue weighted by Gasteiger charge is -2.30. The van der Waals surface area contributed by atoms with E-state index in [2.05, 4.69) is 21.4 Å². The molecule has 0 radical (unpaired) electrons. The van der Waals surface area contributed by atoms with Gasteiger partial charge in [0.15, 0.2) is 5.13 Å². The number of benzene rings is 1. The van der Waals surface area contributed by atoms with Crippen LogP contribution in [0.1, 0.15) is 28.1 Å². The molecule has 0 saturated carbocycles. The van der Waals surface area contributed by atoms with Gasteiger partial charge in [-0.25, -0.2) is 9.97 Å². The number of pyridine rings is 1. The Balaban J connectivity index is 1.45. The molecule has 168 valence electrons. The van der Waals surface area contributed by atoms with Gasteiger partial charge in [0.2, 0.25) is 0 Å². The summed E-state index contributed by atoms with van der Waals surface area (Å²) in [6.45, 7) is 1.22. The molecule has 0 spiro atoms. The third kappa shape index (κ3) is 4.94. The van der Waals surface area contributed by atoms with E-state index in [1.165, 1.54) is 6.20 Å². The maximum absolute atomic E-state index is 12.7. The number of nitrogens with zero attached hydrogens (tertiary/aromatic N) is 4. The van der Waals surface area contributed by atoms with Crippen LogP contribution < -0.4 is 15.0 Å². The van der Waals surface area contributed by atoms with Crippen LogP contribution in [0.5, 0.6) is 5.75 Å². The summed E-state index contributed by atoms with van der Waals surface area (Å²) in [7, 11) is 1.56. The highest BCUT2D eigenvalue weighted by Crippen LogP contribution is 2.32. The van der Waals surface area contributed by atoms with Crippen LogP contribution in [0.15, 0.2) is 42.6 Å². The molecule has 1 aliphatic rings. The molecule has 1 saturated heterocycles. The number of anilines is 2. The van der Waals surface area contributed by atoms with E-state index < -0.39 is 5.97 Å². The second-order valence-electron chi connectivity index (χ2n) is 7.50. The van der Waals surface area contributed by atoms with E-state index in [-0.39, 0.29) is 11.8 Å². The summed E-state index contributed by atoms with van der Waals surface area (Å²) in [6.07, 6.45) is 2.62. The molecule has 2 aromatic heterocycles. The van der Waals surface area contributed by atoms with Crippen molar-refractivity contribution >= 4 is 34.2 Å². The minimum Gasteiger partial charge on any atom is -0.497 e. The molecular formula is C23H21N5O4S. The number of thiazole rings is 1. The molecular weight excluding hydrogens is 442 g/mol. The van der Waals surface area contributed by atoms with Crippen LogP contribution in [0.4, 0.5) is 10.9 Å². The highest BCUT2D eigenvalue weighted by atomic mass is 32.1. The summed E-state index contributed by atoms with van der Waals surface area (Å²) in [5.41, 5.74) is 1.56.